The van der Waals surface area contributed by atoms with E-state index in [1.165, 1.54) is 44.8 Å². The zero-order chi connectivity index (χ0) is 15.6. The summed E-state index contributed by atoms with van der Waals surface area (Å²) in [7, 11) is -0.628. The number of hydrogen-bond acceptors (Lipinski definition) is 4. The molecule has 2 rings (SSSR count). The first-order valence-electron chi connectivity index (χ1n) is 6.19. The normalized spacial score (nSPS) is 11.6. The van der Waals surface area contributed by atoms with Crippen LogP contribution in [0.15, 0.2) is 46.1 Å². The number of benzene rings is 1. The Morgan fingerprint density at radius 2 is 1.95 bits per heavy atom. The Kier molecular flexibility index (Phi) is 4.15. The fourth-order valence-corrected chi connectivity index (χ4v) is 2.62. The molecule has 0 unspecified atom stereocenters. The number of furan rings is 1. The molecule has 1 amide bonds. The molecule has 0 atom stereocenters. The predicted octanol–water partition coefficient (Wildman–Crippen LogP) is 2.09. The van der Waals surface area contributed by atoms with E-state index in [1.807, 2.05) is 0 Å². The van der Waals surface area contributed by atoms with Gasteiger partial charge in [0.15, 0.2) is 0 Å². The number of amides is 1. The summed E-state index contributed by atoms with van der Waals surface area (Å²) in [5.41, 5.74) is 1.59. The van der Waals surface area contributed by atoms with Crippen molar-refractivity contribution in [3.63, 3.8) is 0 Å². The first-order chi connectivity index (χ1) is 9.82. The van der Waals surface area contributed by atoms with Crippen molar-refractivity contribution in [3.8, 4) is 0 Å². The van der Waals surface area contributed by atoms with Gasteiger partial charge in [-0.25, -0.2) is 12.7 Å². The van der Waals surface area contributed by atoms with Crippen LogP contribution in [0.2, 0.25) is 0 Å². The Bertz CT molecular complexity index is 749. The van der Waals surface area contributed by atoms with E-state index in [0.29, 0.717) is 11.3 Å². The summed E-state index contributed by atoms with van der Waals surface area (Å²) in [5.74, 6) is -0.355. The molecule has 7 heteroatoms. The van der Waals surface area contributed by atoms with Crippen molar-refractivity contribution < 1.29 is 17.6 Å². The molecule has 6 nitrogen and oxygen atoms in total. The molecule has 0 radical (unpaired) electrons. The summed E-state index contributed by atoms with van der Waals surface area (Å²) < 4.78 is 30.2. The fourth-order valence-electron chi connectivity index (χ4n) is 1.70. The van der Waals surface area contributed by atoms with Crippen LogP contribution in [-0.2, 0) is 10.0 Å². The maximum absolute atomic E-state index is 12.1. The van der Waals surface area contributed by atoms with Crippen LogP contribution in [0.5, 0.6) is 0 Å². The van der Waals surface area contributed by atoms with Crippen molar-refractivity contribution in [2.45, 2.75) is 11.8 Å². The summed E-state index contributed by atoms with van der Waals surface area (Å²) in [6.07, 6.45) is 2.72. The van der Waals surface area contributed by atoms with Crippen LogP contribution >= 0.6 is 0 Å². The summed E-state index contributed by atoms with van der Waals surface area (Å²) in [5, 5.41) is 2.68. The van der Waals surface area contributed by atoms with Crippen molar-refractivity contribution in [3.05, 3.63) is 47.9 Å². The second-order valence-corrected chi connectivity index (χ2v) is 6.88. The predicted molar refractivity (Wildman–Crippen MR) is 78.7 cm³/mol. The van der Waals surface area contributed by atoms with Crippen molar-refractivity contribution in [1.82, 2.24) is 4.31 Å². The molecule has 2 aromatic rings. The molecule has 0 aliphatic carbocycles. The topological polar surface area (TPSA) is 79.6 Å². The fraction of sp³-hybridized carbons (Fsp3) is 0.214. The Hall–Kier alpha value is -2.12. The highest BCUT2D eigenvalue weighted by molar-refractivity contribution is 7.89. The largest absolute Gasteiger partial charge is 0.472 e. The number of carbonyl (C=O) groups is 1. The lowest BCUT2D eigenvalue weighted by atomic mass is 10.2. The van der Waals surface area contributed by atoms with Crippen molar-refractivity contribution >= 4 is 21.6 Å². The number of nitrogens with zero attached hydrogens (tertiary/aromatic N) is 1. The quantitative estimate of drug-likeness (QED) is 0.938. The van der Waals surface area contributed by atoms with Crippen LogP contribution in [0.1, 0.15) is 15.9 Å². The molecular formula is C14H16N2O4S. The molecular weight excluding hydrogens is 292 g/mol. The maximum atomic E-state index is 12.1. The minimum atomic E-state index is -3.54. The van der Waals surface area contributed by atoms with Crippen LogP contribution in [0, 0.1) is 6.92 Å². The van der Waals surface area contributed by atoms with E-state index >= 15 is 0 Å². The van der Waals surface area contributed by atoms with E-state index in [9.17, 15) is 13.2 Å². The summed E-state index contributed by atoms with van der Waals surface area (Å²) in [4.78, 5) is 12.1. The van der Waals surface area contributed by atoms with Gasteiger partial charge in [0, 0.05) is 19.8 Å². The van der Waals surface area contributed by atoms with Gasteiger partial charge in [-0.3, -0.25) is 4.79 Å². The SMILES string of the molecule is Cc1ccc(S(=O)(=O)N(C)C)cc1NC(=O)c1ccoc1. The number of rotatable bonds is 4. The van der Waals surface area contributed by atoms with Gasteiger partial charge >= 0.3 is 0 Å². The summed E-state index contributed by atoms with van der Waals surface area (Å²) >= 11 is 0. The van der Waals surface area contributed by atoms with E-state index in [1.54, 1.807) is 13.0 Å². The Labute approximate surface area is 123 Å². The third kappa shape index (κ3) is 3.14. The van der Waals surface area contributed by atoms with E-state index in [4.69, 9.17) is 4.42 Å². The molecule has 1 aromatic carbocycles. The van der Waals surface area contributed by atoms with Gasteiger partial charge in [-0.2, -0.15) is 0 Å². The highest BCUT2D eigenvalue weighted by Gasteiger charge is 2.19. The second-order valence-electron chi connectivity index (χ2n) is 4.73. The van der Waals surface area contributed by atoms with Gasteiger partial charge in [-0.15, -0.1) is 0 Å². The Balaban J connectivity index is 2.35. The molecule has 0 aliphatic heterocycles. The van der Waals surface area contributed by atoms with Crippen molar-refractivity contribution in [1.29, 1.82) is 0 Å². The number of anilines is 1. The van der Waals surface area contributed by atoms with Crippen LogP contribution in [0.4, 0.5) is 5.69 Å². The molecule has 1 heterocycles. The molecule has 21 heavy (non-hydrogen) atoms. The molecule has 0 saturated carbocycles. The van der Waals surface area contributed by atoms with Crippen LogP contribution in [0.25, 0.3) is 0 Å². The smallest absolute Gasteiger partial charge is 0.258 e. The first-order valence-corrected chi connectivity index (χ1v) is 7.63. The third-order valence-electron chi connectivity index (χ3n) is 3.02. The monoisotopic (exact) mass is 308 g/mol. The third-order valence-corrected chi connectivity index (χ3v) is 4.83. The summed E-state index contributed by atoms with van der Waals surface area (Å²) in [6.45, 7) is 1.79. The number of hydrogen-bond donors (Lipinski definition) is 1. The van der Waals surface area contributed by atoms with Crippen molar-refractivity contribution in [2.24, 2.45) is 0 Å². The second kappa shape index (κ2) is 5.71. The van der Waals surface area contributed by atoms with Gasteiger partial charge in [0.1, 0.15) is 6.26 Å². The van der Waals surface area contributed by atoms with E-state index < -0.39 is 10.0 Å². The molecule has 112 valence electrons. The van der Waals surface area contributed by atoms with Gasteiger partial charge in [-0.05, 0) is 30.7 Å². The van der Waals surface area contributed by atoms with Gasteiger partial charge in [0.25, 0.3) is 5.91 Å². The highest BCUT2D eigenvalue weighted by atomic mass is 32.2. The van der Waals surface area contributed by atoms with E-state index in [-0.39, 0.29) is 10.8 Å². The lowest BCUT2D eigenvalue weighted by Crippen LogP contribution is -2.22. The molecule has 0 aliphatic rings. The zero-order valence-electron chi connectivity index (χ0n) is 12.0. The van der Waals surface area contributed by atoms with Crippen LogP contribution in [0.3, 0.4) is 0 Å². The molecule has 0 bridgehead atoms. The first kappa shape index (κ1) is 15.3. The Morgan fingerprint density at radius 1 is 1.24 bits per heavy atom. The van der Waals surface area contributed by atoms with Gasteiger partial charge < -0.3 is 9.73 Å². The standard InChI is InChI=1S/C14H16N2O4S/c1-10-4-5-12(21(18,19)16(2)3)8-13(10)15-14(17)11-6-7-20-9-11/h4-9H,1-3H3,(H,15,17). The average molecular weight is 308 g/mol. The van der Waals surface area contributed by atoms with Crippen LogP contribution < -0.4 is 5.32 Å². The highest BCUT2D eigenvalue weighted by Crippen LogP contribution is 2.22. The Morgan fingerprint density at radius 3 is 2.52 bits per heavy atom. The zero-order valence-corrected chi connectivity index (χ0v) is 12.8. The molecule has 0 saturated heterocycles. The van der Waals surface area contributed by atoms with E-state index in [2.05, 4.69) is 5.32 Å². The molecule has 1 aromatic heterocycles. The van der Waals surface area contributed by atoms with E-state index in [0.717, 1.165) is 9.87 Å². The van der Waals surface area contributed by atoms with Gasteiger partial charge in [-0.1, -0.05) is 6.07 Å². The number of carbonyl (C=O) groups excluding carboxylic acids is 1. The number of nitrogens with one attached hydrogen (secondary N) is 1. The number of sulfonamides is 1. The van der Waals surface area contributed by atoms with Crippen molar-refractivity contribution in [2.75, 3.05) is 19.4 Å². The maximum Gasteiger partial charge on any atom is 0.258 e. The lowest BCUT2D eigenvalue weighted by Gasteiger charge is -2.14. The van der Waals surface area contributed by atoms with Crippen LogP contribution in [-0.4, -0.2) is 32.7 Å². The van der Waals surface area contributed by atoms with Gasteiger partial charge in [0.2, 0.25) is 10.0 Å². The van der Waals surface area contributed by atoms with Gasteiger partial charge in [0.05, 0.1) is 16.7 Å². The minimum absolute atomic E-state index is 0.126. The number of aryl methyl sites for hydroxylation is 1. The molecule has 0 spiro atoms. The average Bonchev–Trinajstić information content (AvgIpc) is 2.94. The minimum Gasteiger partial charge on any atom is -0.472 e. The summed E-state index contributed by atoms with van der Waals surface area (Å²) in [6, 6.07) is 6.15. The molecule has 1 N–H and O–H groups in total. The molecule has 0 fully saturated rings. The lowest BCUT2D eigenvalue weighted by molar-refractivity contribution is 0.102.